The van der Waals surface area contributed by atoms with Crippen molar-refractivity contribution in [2.45, 2.75) is 45.6 Å². The van der Waals surface area contributed by atoms with Gasteiger partial charge in [0, 0.05) is 45.2 Å². The molecule has 0 N–H and O–H groups in total. The first-order chi connectivity index (χ1) is 14.6. The van der Waals surface area contributed by atoms with Crippen LogP contribution in [0.15, 0.2) is 47.3 Å². The SMILES string of the molecule is CCCCn1nc(C(=O)N2CCN(C(=O)CCCc3ccccc3)CC2)ccc1=O. The van der Waals surface area contributed by atoms with Gasteiger partial charge in [-0.25, -0.2) is 4.68 Å². The van der Waals surface area contributed by atoms with Gasteiger partial charge in [0.15, 0.2) is 0 Å². The number of aromatic nitrogens is 2. The summed E-state index contributed by atoms with van der Waals surface area (Å²) in [4.78, 5) is 40.7. The van der Waals surface area contributed by atoms with E-state index in [1.807, 2.05) is 30.0 Å². The van der Waals surface area contributed by atoms with Crippen molar-refractivity contribution in [3.63, 3.8) is 0 Å². The number of unbranched alkanes of at least 4 members (excludes halogenated alkanes) is 1. The van der Waals surface area contributed by atoms with Gasteiger partial charge in [-0.1, -0.05) is 43.7 Å². The largest absolute Gasteiger partial charge is 0.339 e. The molecule has 1 aromatic heterocycles. The van der Waals surface area contributed by atoms with Gasteiger partial charge in [-0.2, -0.15) is 5.10 Å². The summed E-state index contributed by atoms with van der Waals surface area (Å²) in [6.07, 6.45) is 4.03. The molecule has 1 fully saturated rings. The lowest BCUT2D eigenvalue weighted by Gasteiger charge is -2.34. The number of carbonyl (C=O) groups is 2. The Morgan fingerprint density at radius 3 is 2.33 bits per heavy atom. The maximum Gasteiger partial charge on any atom is 0.274 e. The standard InChI is InChI=1S/C23H30N4O3/c1-2-3-14-27-22(29)13-12-20(24-27)23(30)26-17-15-25(16-18-26)21(28)11-7-10-19-8-5-4-6-9-19/h4-6,8-9,12-13H,2-3,7,10-11,14-18H2,1H3. The van der Waals surface area contributed by atoms with E-state index in [-0.39, 0.29) is 23.1 Å². The summed E-state index contributed by atoms with van der Waals surface area (Å²) in [5, 5.41) is 4.24. The third-order valence-electron chi connectivity index (χ3n) is 5.43. The number of hydrogen-bond acceptors (Lipinski definition) is 4. The van der Waals surface area contributed by atoms with Crippen LogP contribution in [0.3, 0.4) is 0 Å². The fourth-order valence-corrected chi connectivity index (χ4v) is 3.60. The van der Waals surface area contributed by atoms with Gasteiger partial charge in [-0.05, 0) is 30.9 Å². The van der Waals surface area contributed by atoms with Crippen molar-refractivity contribution in [1.29, 1.82) is 0 Å². The topological polar surface area (TPSA) is 75.5 Å². The third-order valence-corrected chi connectivity index (χ3v) is 5.43. The summed E-state index contributed by atoms with van der Waals surface area (Å²) in [5.74, 6) is -0.0410. The second kappa shape index (κ2) is 10.7. The van der Waals surface area contributed by atoms with Crippen molar-refractivity contribution >= 4 is 11.8 Å². The molecule has 160 valence electrons. The Balaban J connectivity index is 1.48. The summed E-state index contributed by atoms with van der Waals surface area (Å²) in [6.45, 7) is 4.60. The van der Waals surface area contributed by atoms with Crippen molar-refractivity contribution in [2.75, 3.05) is 26.2 Å². The maximum absolute atomic E-state index is 12.8. The molecule has 1 aromatic carbocycles. The Hall–Kier alpha value is -2.96. The second-order valence-electron chi connectivity index (χ2n) is 7.65. The molecule has 7 nitrogen and oxygen atoms in total. The molecule has 0 aliphatic carbocycles. The highest BCUT2D eigenvalue weighted by Crippen LogP contribution is 2.10. The number of piperazine rings is 1. The first-order valence-corrected chi connectivity index (χ1v) is 10.8. The minimum Gasteiger partial charge on any atom is -0.339 e. The van der Waals surface area contributed by atoms with Gasteiger partial charge in [0.2, 0.25) is 5.91 Å². The van der Waals surface area contributed by atoms with E-state index in [1.165, 1.54) is 22.4 Å². The lowest BCUT2D eigenvalue weighted by Crippen LogP contribution is -2.50. The highest BCUT2D eigenvalue weighted by molar-refractivity contribution is 5.92. The van der Waals surface area contributed by atoms with Crippen LogP contribution in [-0.4, -0.2) is 57.6 Å². The monoisotopic (exact) mass is 410 g/mol. The molecular formula is C23H30N4O3. The van der Waals surface area contributed by atoms with Gasteiger partial charge in [0.05, 0.1) is 0 Å². The van der Waals surface area contributed by atoms with E-state index in [1.54, 1.807) is 4.90 Å². The van der Waals surface area contributed by atoms with Gasteiger partial charge in [-0.3, -0.25) is 14.4 Å². The molecule has 0 spiro atoms. The van der Waals surface area contributed by atoms with Crippen LogP contribution in [0.1, 0.15) is 48.7 Å². The number of aryl methyl sites for hydroxylation is 2. The third kappa shape index (κ3) is 5.78. The number of carbonyl (C=O) groups excluding carboxylic acids is 2. The Labute approximate surface area is 177 Å². The van der Waals surface area contributed by atoms with E-state index in [2.05, 4.69) is 17.2 Å². The molecule has 3 rings (SSSR count). The van der Waals surface area contributed by atoms with Crippen molar-refractivity contribution < 1.29 is 9.59 Å². The number of nitrogens with zero attached hydrogens (tertiary/aromatic N) is 4. The molecule has 1 aliphatic heterocycles. The van der Waals surface area contributed by atoms with Crippen molar-refractivity contribution in [1.82, 2.24) is 19.6 Å². The van der Waals surface area contributed by atoms with E-state index in [9.17, 15) is 14.4 Å². The first kappa shape index (κ1) is 21.7. The second-order valence-corrected chi connectivity index (χ2v) is 7.65. The Morgan fingerprint density at radius 1 is 0.933 bits per heavy atom. The van der Waals surface area contributed by atoms with Crippen molar-refractivity contribution in [2.24, 2.45) is 0 Å². The maximum atomic E-state index is 12.8. The molecule has 7 heteroatoms. The van der Waals surface area contributed by atoms with Gasteiger partial charge in [0.1, 0.15) is 5.69 Å². The molecule has 2 aromatic rings. The van der Waals surface area contributed by atoms with E-state index in [0.29, 0.717) is 39.1 Å². The number of amides is 2. The average Bonchev–Trinajstić information content (AvgIpc) is 2.79. The minimum atomic E-state index is -0.189. The molecule has 0 radical (unpaired) electrons. The van der Waals surface area contributed by atoms with Gasteiger partial charge >= 0.3 is 0 Å². The minimum absolute atomic E-state index is 0.143. The first-order valence-electron chi connectivity index (χ1n) is 10.8. The molecule has 0 unspecified atom stereocenters. The van der Waals surface area contributed by atoms with Crippen molar-refractivity contribution in [3.8, 4) is 0 Å². The number of rotatable bonds is 8. The predicted octanol–water partition coefficient (Wildman–Crippen LogP) is 2.35. The summed E-state index contributed by atoms with van der Waals surface area (Å²) in [7, 11) is 0. The summed E-state index contributed by atoms with van der Waals surface area (Å²) >= 11 is 0. The van der Waals surface area contributed by atoms with E-state index in [4.69, 9.17) is 0 Å². The van der Waals surface area contributed by atoms with Crippen LogP contribution >= 0.6 is 0 Å². The molecule has 2 amide bonds. The van der Waals surface area contributed by atoms with Crippen LogP contribution in [0.5, 0.6) is 0 Å². The molecular weight excluding hydrogens is 380 g/mol. The predicted molar refractivity (Wildman–Crippen MR) is 115 cm³/mol. The van der Waals surface area contributed by atoms with Gasteiger partial charge in [0.25, 0.3) is 11.5 Å². The highest BCUT2D eigenvalue weighted by Gasteiger charge is 2.25. The molecule has 30 heavy (non-hydrogen) atoms. The van der Waals surface area contributed by atoms with E-state index < -0.39 is 0 Å². The zero-order valence-corrected chi connectivity index (χ0v) is 17.6. The summed E-state index contributed by atoms with van der Waals surface area (Å²) < 4.78 is 1.36. The smallest absolute Gasteiger partial charge is 0.274 e. The van der Waals surface area contributed by atoms with Gasteiger partial charge in [-0.15, -0.1) is 0 Å². The Kier molecular flexibility index (Phi) is 7.76. The highest BCUT2D eigenvalue weighted by atomic mass is 16.2. The number of hydrogen-bond donors (Lipinski definition) is 0. The van der Waals surface area contributed by atoms with E-state index in [0.717, 1.165) is 25.7 Å². The Morgan fingerprint density at radius 2 is 1.63 bits per heavy atom. The molecule has 0 atom stereocenters. The zero-order valence-electron chi connectivity index (χ0n) is 17.6. The normalized spacial score (nSPS) is 14.0. The number of benzene rings is 1. The molecule has 0 bridgehead atoms. The van der Waals surface area contributed by atoms with Crippen LogP contribution in [0.25, 0.3) is 0 Å². The lowest BCUT2D eigenvalue weighted by molar-refractivity contribution is -0.132. The van der Waals surface area contributed by atoms with Crippen LogP contribution in [0.4, 0.5) is 0 Å². The summed E-state index contributed by atoms with van der Waals surface area (Å²) in [5.41, 5.74) is 1.34. The molecule has 0 saturated carbocycles. The van der Waals surface area contributed by atoms with Crippen LogP contribution < -0.4 is 5.56 Å². The summed E-state index contributed by atoms with van der Waals surface area (Å²) in [6, 6.07) is 13.1. The molecule has 2 heterocycles. The quantitative estimate of drug-likeness (QED) is 0.669. The van der Waals surface area contributed by atoms with Crippen LogP contribution in [-0.2, 0) is 17.8 Å². The lowest BCUT2D eigenvalue weighted by atomic mass is 10.1. The average molecular weight is 411 g/mol. The Bertz CT molecular complexity index is 902. The van der Waals surface area contributed by atoms with Crippen molar-refractivity contribution in [3.05, 3.63) is 64.1 Å². The fourth-order valence-electron chi connectivity index (χ4n) is 3.60. The molecule has 1 aliphatic rings. The van der Waals surface area contributed by atoms with Crippen LogP contribution in [0, 0.1) is 0 Å². The molecule has 1 saturated heterocycles. The fraction of sp³-hybridized carbons (Fsp3) is 0.478. The van der Waals surface area contributed by atoms with E-state index >= 15 is 0 Å². The van der Waals surface area contributed by atoms with Crippen LogP contribution in [0.2, 0.25) is 0 Å². The zero-order chi connectivity index (χ0) is 21.3. The van der Waals surface area contributed by atoms with Gasteiger partial charge < -0.3 is 9.80 Å².